The highest BCUT2D eigenvalue weighted by atomic mass is 16.5. The summed E-state index contributed by atoms with van der Waals surface area (Å²) in [5, 5.41) is 9.39. The lowest BCUT2D eigenvalue weighted by Gasteiger charge is -2.28. The zero-order chi connectivity index (χ0) is 15.8. The Morgan fingerprint density at radius 2 is 2.00 bits per heavy atom. The third-order valence-electron chi connectivity index (χ3n) is 4.11. The van der Waals surface area contributed by atoms with E-state index in [4.69, 9.17) is 10.5 Å². The van der Waals surface area contributed by atoms with Gasteiger partial charge in [-0.2, -0.15) is 0 Å². The molecule has 4 nitrogen and oxygen atoms in total. The van der Waals surface area contributed by atoms with Gasteiger partial charge in [-0.25, -0.2) is 0 Å². The Balaban J connectivity index is 2.22. The van der Waals surface area contributed by atoms with Gasteiger partial charge in [0.25, 0.3) is 0 Å². The van der Waals surface area contributed by atoms with Crippen LogP contribution in [0.3, 0.4) is 0 Å². The van der Waals surface area contributed by atoms with Gasteiger partial charge in [-0.15, -0.1) is 0 Å². The van der Waals surface area contributed by atoms with Gasteiger partial charge in [-0.1, -0.05) is 38.5 Å². The number of rotatable bonds is 5. The molecule has 1 fully saturated rings. The molecule has 1 aliphatic carbocycles. The summed E-state index contributed by atoms with van der Waals surface area (Å²) in [6, 6.07) is 5.97. The average molecular weight is 291 g/mol. The van der Waals surface area contributed by atoms with Crippen molar-refractivity contribution in [2.24, 2.45) is 11.7 Å². The number of ether oxygens (including phenoxy) is 1. The molecule has 0 aromatic heterocycles. The van der Waals surface area contributed by atoms with Gasteiger partial charge in [0.1, 0.15) is 12.4 Å². The zero-order valence-electron chi connectivity index (χ0n) is 13.3. The van der Waals surface area contributed by atoms with E-state index in [0.29, 0.717) is 0 Å². The summed E-state index contributed by atoms with van der Waals surface area (Å²) in [7, 11) is 0. The van der Waals surface area contributed by atoms with E-state index in [1.54, 1.807) is 0 Å². The molecule has 1 saturated carbocycles. The van der Waals surface area contributed by atoms with Crippen LogP contribution in [0.4, 0.5) is 0 Å². The molecule has 0 amide bonds. The molecule has 21 heavy (non-hydrogen) atoms. The van der Waals surface area contributed by atoms with Crippen molar-refractivity contribution in [3.8, 4) is 5.75 Å². The maximum atomic E-state index is 11.5. The van der Waals surface area contributed by atoms with Crippen LogP contribution in [-0.2, 0) is 10.2 Å². The van der Waals surface area contributed by atoms with Crippen LogP contribution in [0.15, 0.2) is 18.2 Å². The Hall–Kier alpha value is -1.55. The first kappa shape index (κ1) is 15.8. The second-order valence-corrected chi connectivity index (χ2v) is 7.16. The van der Waals surface area contributed by atoms with Gasteiger partial charge in [-0.3, -0.25) is 4.79 Å². The molecule has 0 aliphatic heterocycles. The van der Waals surface area contributed by atoms with E-state index in [2.05, 4.69) is 26.8 Å². The number of carbonyl (C=O) groups is 1. The molecule has 1 aliphatic rings. The SMILES string of the molecule is Cc1ccc(OCC(N)(C(=O)O)C2CC2)c(C(C)(C)C)c1. The van der Waals surface area contributed by atoms with Crippen LogP contribution in [0.1, 0.15) is 44.7 Å². The Morgan fingerprint density at radius 1 is 1.38 bits per heavy atom. The largest absolute Gasteiger partial charge is 0.491 e. The third-order valence-corrected chi connectivity index (χ3v) is 4.11. The van der Waals surface area contributed by atoms with Gasteiger partial charge in [-0.05, 0) is 42.7 Å². The number of benzene rings is 1. The predicted molar refractivity (Wildman–Crippen MR) is 82.7 cm³/mol. The van der Waals surface area contributed by atoms with E-state index in [-0.39, 0.29) is 17.9 Å². The first-order valence-electron chi connectivity index (χ1n) is 7.41. The van der Waals surface area contributed by atoms with Crippen molar-refractivity contribution >= 4 is 5.97 Å². The second-order valence-electron chi connectivity index (χ2n) is 7.16. The molecule has 0 spiro atoms. The second kappa shape index (κ2) is 5.34. The minimum Gasteiger partial charge on any atom is -0.491 e. The maximum Gasteiger partial charge on any atom is 0.327 e. The number of aryl methyl sites for hydroxylation is 1. The lowest BCUT2D eigenvalue weighted by atomic mass is 9.85. The van der Waals surface area contributed by atoms with Crippen molar-refractivity contribution in [2.45, 2.75) is 51.5 Å². The van der Waals surface area contributed by atoms with Crippen LogP contribution in [-0.4, -0.2) is 23.2 Å². The lowest BCUT2D eigenvalue weighted by Crippen LogP contribution is -2.55. The average Bonchev–Trinajstić information content (AvgIpc) is 3.20. The standard InChI is InChI=1S/C17H25NO3/c1-11-5-8-14(13(9-11)16(2,3)4)21-10-17(18,15(19)20)12-6-7-12/h5,8-9,12H,6-7,10,18H2,1-4H3,(H,19,20). The minimum absolute atomic E-state index is 0.0130. The topological polar surface area (TPSA) is 72.5 Å². The van der Waals surface area contributed by atoms with Gasteiger partial charge in [0.2, 0.25) is 0 Å². The van der Waals surface area contributed by atoms with Crippen molar-refractivity contribution in [2.75, 3.05) is 6.61 Å². The quantitative estimate of drug-likeness (QED) is 0.875. The molecule has 1 atom stereocenters. The number of aliphatic carboxylic acids is 1. The number of carboxylic acids is 1. The predicted octanol–water partition coefficient (Wildman–Crippen LogP) is 2.86. The third kappa shape index (κ3) is 3.38. The molecule has 3 N–H and O–H groups in total. The first-order chi connectivity index (χ1) is 9.64. The fourth-order valence-corrected chi connectivity index (χ4v) is 2.51. The fraction of sp³-hybridized carbons (Fsp3) is 0.588. The summed E-state index contributed by atoms with van der Waals surface area (Å²) in [4.78, 5) is 11.5. The van der Waals surface area contributed by atoms with Crippen molar-refractivity contribution < 1.29 is 14.6 Å². The monoisotopic (exact) mass is 291 g/mol. The van der Waals surface area contributed by atoms with E-state index in [9.17, 15) is 9.90 Å². The van der Waals surface area contributed by atoms with Gasteiger partial charge in [0.05, 0.1) is 0 Å². The summed E-state index contributed by atoms with van der Waals surface area (Å²) < 4.78 is 5.84. The number of hydrogen-bond acceptors (Lipinski definition) is 3. The van der Waals surface area contributed by atoms with Crippen molar-refractivity contribution in [3.05, 3.63) is 29.3 Å². The normalized spacial score (nSPS) is 18.1. The smallest absolute Gasteiger partial charge is 0.327 e. The van der Waals surface area contributed by atoms with E-state index in [0.717, 1.165) is 29.7 Å². The van der Waals surface area contributed by atoms with Crippen molar-refractivity contribution in [3.63, 3.8) is 0 Å². The minimum atomic E-state index is -1.28. The van der Waals surface area contributed by atoms with E-state index in [1.807, 2.05) is 19.1 Å². The molecule has 1 unspecified atom stereocenters. The summed E-state index contributed by atoms with van der Waals surface area (Å²) in [6.07, 6.45) is 1.73. The Labute approximate surface area is 126 Å². The summed E-state index contributed by atoms with van der Waals surface area (Å²) in [6.45, 7) is 8.39. The highest BCUT2D eigenvalue weighted by Crippen LogP contribution is 2.39. The van der Waals surface area contributed by atoms with E-state index in [1.165, 1.54) is 0 Å². The van der Waals surface area contributed by atoms with Gasteiger partial charge < -0.3 is 15.6 Å². The molecule has 116 valence electrons. The summed E-state index contributed by atoms with van der Waals surface area (Å²) in [5.74, 6) is -0.224. The molecule has 4 heteroatoms. The maximum absolute atomic E-state index is 11.5. The first-order valence-corrected chi connectivity index (χ1v) is 7.41. The van der Waals surface area contributed by atoms with Crippen LogP contribution in [0.5, 0.6) is 5.75 Å². The molecule has 2 rings (SSSR count). The molecule has 0 bridgehead atoms. The summed E-state index contributed by atoms with van der Waals surface area (Å²) in [5.41, 5.74) is 6.95. The number of hydrogen-bond donors (Lipinski definition) is 2. The lowest BCUT2D eigenvalue weighted by molar-refractivity contribution is -0.145. The Bertz CT molecular complexity index is 543. The van der Waals surface area contributed by atoms with Crippen LogP contribution >= 0.6 is 0 Å². The molecular formula is C17H25NO3. The van der Waals surface area contributed by atoms with E-state index < -0.39 is 11.5 Å². The van der Waals surface area contributed by atoms with Gasteiger partial charge >= 0.3 is 5.97 Å². The van der Waals surface area contributed by atoms with Crippen LogP contribution < -0.4 is 10.5 Å². The Morgan fingerprint density at radius 3 is 2.48 bits per heavy atom. The molecule has 1 aromatic rings. The van der Waals surface area contributed by atoms with Crippen LogP contribution in [0.25, 0.3) is 0 Å². The van der Waals surface area contributed by atoms with E-state index >= 15 is 0 Å². The van der Waals surface area contributed by atoms with Crippen LogP contribution in [0.2, 0.25) is 0 Å². The highest BCUT2D eigenvalue weighted by molar-refractivity contribution is 5.79. The Kier molecular flexibility index (Phi) is 4.02. The van der Waals surface area contributed by atoms with Gasteiger partial charge in [0, 0.05) is 0 Å². The van der Waals surface area contributed by atoms with Crippen molar-refractivity contribution in [1.29, 1.82) is 0 Å². The number of carboxylic acid groups (broad SMARTS) is 1. The molecule has 0 radical (unpaired) electrons. The van der Waals surface area contributed by atoms with Gasteiger partial charge in [0.15, 0.2) is 5.54 Å². The van der Waals surface area contributed by atoms with Crippen molar-refractivity contribution in [1.82, 2.24) is 0 Å². The molecule has 1 aromatic carbocycles. The zero-order valence-corrected chi connectivity index (χ0v) is 13.3. The highest BCUT2D eigenvalue weighted by Gasteiger charge is 2.49. The van der Waals surface area contributed by atoms with Crippen LogP contribution in [0, 0.1) is 12.8 Å². The molecular weight excluding hydrogens is 266 g/mol. The number of nitrogens with two attached hydrogens (primary N) is 1. The molecule has 0 heterocycles. The summed E-state index contributed by atoms with van der Waals surface area (Å²) >= 11 is 0. The molecule has 0 saturated heterocycles. The fourth-order valence-electron chi connectivity index (χ4n) is 2.51.